The SMILES string of the molecule is CCS(=O)(=O)N1CCC(NC(=O)Cn2cnc3ccc(F)cc3c2=O)CC1. The van der Waals surface area contributed by atoms with Gasteiger partial charge in [-0.25, -0.2) is 22.1 Å². The number of carbonyl (C=O) groups is 1. The second-order valence-corrected chi connectivity index (χ2v) is 8.74. The lowest BCUT2D eigenvalue weighted by molar-refractivity contribution is -0.122. The predicted octanol–water partition coefficient (Wildman–Crippen LogP) is 0.466. The van der Waals surface area contributed by atoms with E-state index in [0.29, 0.717) is 31.4 Å². The van der Waals surface area contributed by atoms with Gasteiger partial charge in [0.1, 0.15) is 12.4 Å². The molecule has 8 nitrogen and oxygen atoms in total. The third-order valence-corrected chi connectivity index (χ3v) is 6.56. The van der Waals surface area contributed by atoms with Crippen molar-refractivity contribution in [2.45, 2.75) is 32.4 Å². The number of hydrogen-bond donors (Lipinski definition) is 1. The monoisotopic (exact) mass is 396 g/mol. The minimum absolute atomic E-state index is 0.0580. The van der Waals surface area contributed by atoms with Crippen LogP contribution < -0.4 is 10.9 Å². The molecule has 1 amide bonds. The lowest BCUT2D eigenvalue weighted by Gasteiger charge is -2.31. The average Bonchev–Trinajstić information content (AvgIpc) is 2.65. The van der Waals surface area contributed by atoms with Crippen LogP contribution in [0, 0.1) is 5.82 Å². The Morgan fingerprint density at radius 3 is 2.70 bits per heavy atom. The molecule has 1 aliphatic rings. The molecule has 1 fully saturated rings. The van der Waals surface area contributed by atoms with Crippen LogP contribution in [0.2, 0.25) is 0 Å². The molecule has 1 aromatic heterocycles. The van der Waals surface area contributed by atoms with Crippen LogP contribution in [0.3, 0.4) is 0 Å². The molecule has 1 aliphatic heterocycles. The summed E-state index contributed by atoms with van der Waals surface area (Å²) in [5.74, 6) is -0.855. The molecule has 27 heavy (non-hydrogen) atoms. The standard InChI is InChI=1S/C17H21FN4O4S/c1-2-27(25,26)22-7-5-13(6-8-22)20-16(23)10-21-11-19-15-4-3-12(18)9-14(15)17(21)24/h3-4,9,11,13H,2,5-8,10H2,1H3,(H,20,23). The van der Waals surface area contributed by atoms with Gasteiger partial charge >= 0.3 is 0 Å². The van der Waals surface area contributed by atoms with Gasteiger partial charge in [0.25, 0.3) is 5.56 Å². The van der Waals surface area contributed by atoms with E-state index in [9.17, 15) is 22.4 Å². The molecule has 0 aliphatic carbocycles. The Hall–Kier alpha value is -2.33. The van der Waals surface area contributed by atoms with Crippen molar-refractivity contribution >= 4 is 26.8 Å². The first-order chi connectivity index (χ1) is 12.8. The van der Waals surface area contributed by atoms with Crippen molar-refractivity contribution in [2.75, 3.05) is 18.8 Å². The Labute approximate surface area is 156 Å². The first kappa shape index (κ1) is 19.4. The van der Waals surface area contributed by atoms with Crippen LogP contribution >= 0.6 is 0 Å². The number of carbonyl (C=O) groups excluding carboxylic acids is 1. The van der Waals surface area contributed by atoms with Gasteiger partial charge in [-0.1, -0.05) is 0 Å². The van der Waals surface area contributed by atoms with Crippen molar-refractivity contribution in [1.29, 1.82) is 0 Å². The number of benzene rings is 1. The van der Waals surface area contributed by atoms with Crippen molar-refractivity contribution < 1.29 is 17.6 Å². The van der Waals surface area contributed by atoms with Gasteiger partial charge < -0.3 is 5.32 Å². The summed E-state index contributed by atoms with van der Waals surface area (Å²) in [6, 6.07) is 3.58. The Bertz CT molecular complexity index is 1010. The van der Waals surface area contributed by atoms with Gasteiger partial charge in [-0.15, -0.1) is 0 Å². The highest BCUT2D eigenvalue weighted by Gasteiger charge is 2.27. The molecule has 3 rings (SSSR count). The van der Waals surface area contributed by atoms with E-state index in [1.807, 2.05) is 0 Å². The molecule has 10 heteroatoms. The molecule has 1 N–H and O–H groups in total. The first-order valence-electron chi connectivity index (χ1n) is 8.72. The Morgan fingerprint density at radius 1 is 1.33 bits per heavy atom. The topological polar surface area (TPSA) is 101 Å². The minimum atomic E-state index is -3.22. The fraction of sp³-hybridized carbons (Fsp3) is 0.471. The molecule has 1 saturated heterocycles. The van der Waals surface area contributed by atoms with E-state index in [1.165, 1.54) is 22.8 Å². The number of aromatic nitrogens is 2. The maximum absolute atomic E-state index is 13.4. The first-order valence-corrected chi connectivity index (χ1v) is 10.3. The van der Waals surface area contributed by atoms with Gasteiger partial charge in [0.15, 0.2) is 0 Å². The quantitative estimate of drug-likeness (QED) is 0.792. The maximum atomic E-state index is 13.4. The highest BCUT2D eigenvalue weighted by molar-refractivity contribution is 7.89. The number of amides is 1. The van der Waals surface area contributed by atoms with Crippen LogP contribution in [-0.4, -0.2) is 53.1 Å². The van der Waals surface area contributed by atoms with Gasteiger partial charge in [0.2, 0.25) is 15.9 Å². The largest absolute Gasteiger partial charge is 0.352 e. The van der Waals surface area contributed by atoms with E-state index in [2.05, 4.69) is 10.3 Å². The molecule has 2 heterocycles. The number of piperidine rings is 1. The highest BCUT2D eigenvalue weighted by atomic mass is 32.2. The number of rotatable bonds is 5. The Morgan fingerprint density at radius 2 is 2.04 bits per heavy atom. The molecular weight excluding hydrogens is 375 g/mol. The molecule has 0 saturated carbocycles. The summed E-state index contributed by atoms with van der Waals surface area (Å²) in [7, 11) is -3.22. The van der Waals surface area contributed by atoms with Crippen LogP contribution in [0.15, 0.2) is 29.3 Å². The zero-order valence-corrected chi connectivity index (χ0v) is 15.7. The average molecular weight is 396 g/mol. The highest BCUT2D eigenvalue weighted by Crippen LogP contribution is 2.14. The van der Waals surface area contributed by atoms with E-state index in [4.69, 9.17) is 0 Å². The Kier molecular flexibility index (Phi) is 5.56. The molecule has 2 aromatic rings. The zero-order chi connectivity index (χ0) is 19.6. The maximum Gasteiger partial charge on any atom is 0.261 e. The fourth-order valence-electron chi connectivity index (χ4n) is 3.13. The van der Waals surface area contributed by atoms with E-state index in [0.717, 1.165) is 10.6 Å². The van der Waals surface area contributed by atoms with Crippen molar-refractivity contribution in [3.8, 4) is 0 Å². The fourth-order valence-corrected chi connectivity index (χ4v) is 4.27. The van der Waals surface area contributed by atoms with E-state index >= 15 is 0 Å². The van der Waals surface area contributed by atoms with Crippen molar-refractivity contribution in [3.63, 3.8) is 0 Å². The lowest BCUT2D eigenvalue weighted by atomic mass is 10.1. The van der Waals surface area contributed by atoms with Crippen LogP contribution in [0.1, 0.15) is 19.8 Å². The molecule has 0 spiro atoms. The van der Waals surface area contributed by atoms with Crippen LogP contribution in [0.4, 0.5) is 4.39 Å². The van der Waals surface area contributed by atoms with E-state index in [1.54, 1.807) is 6.92 Å². The number of fused-ring (bicyclic) bond motifs is 1. The van der Waals surface area contributed by atoms with E-state index in [-0.39, 0.29) is 29.6 Å². The predicted molar refractivity (Wildman–Crippen MR) is 98.2 cm³/mol. The summed E-state index contributed by atoms with van der Waals surface area (Å²) in [5.41, 5.74) is -0.124. The second-order valence-electron chi connectivity index (χ2n) is 6.48. The lowest BCUT2D eigenvalue weighted by Crippen LogP contribution is -2.47. The van der Waals surface area contributed by atoms with E-state index < -0.39 is 21.4 Å². The molecule has 0 atom stereocenters. The minimum Gasteiger partial charge on any atom is -0.352 e. The molecule has 0 radical (unpaired) electrons. The van der Waals surface area contributed by atoms with Crippen molar-refractivity contribution in [3.05, 3.63) is 40.7 Å². The molecule has 1 aromatic carbocycles. The Balaban J connectivity index is 1.63. The van der Waals surface area contributed by atoms with Crippen molar-refractivity contribution in [2.24, 2.45) is 0 Å². The van der Waals surface area contributed by atoms with Gasteiger partial charge in [-0.3, -0.25) is 14.2 Å². The van der Waals surface area contributed by atoms with Gasteiger partial charge in [-0.05, 0) is 38.0 Å². The molecular formula is C17H21FN4O4S. The number of sulfonamides is 1. The van der Waals surface area contributed by atoms with Gasteiger partial charge in [0.05, 0.1) is 23.0 Å². The third-order valence-electron chi connectivity index (χ3n) is 4.68. The second kappa shape index (κ2) is 7.73. The van der Waals surface area contributed by atoms with Crippen LogP contribution in [0.5, 0.6) is 0 Å². The number of nitrogens with zero attached hydrogens (tertiary/aromatic N) is 3. The van der Waals surface area contributed by atoms with Crippen LogP contribution in [0.25, 0.3) is 10.9 Å². The normalized spacial score (nSPS) is 16.5. The number of hydrogen-bond acceptors (Lipinski definition) is 5. The van der Waals surface area contributed by atoms with Crippen molar-refractivity contribution in [1.82, 2.24) is 19.2 Å². The summed E-state index contributed by atoms with van der Waals surface area (Å²) in [6.45, 7) is 2.09. The molecule has 146 valence electrons. The smallest absolute Gasteiger partial charge is 0.261 e. The summed E-state index contributed by atoms with van der Waals surface area (Å²) in [6.07, 6.45) is 2.29. The van der Waals surface area contributed by atoms with Crippen LogP contribution in [-0.2, 0) is 21.4 Å². The number of nitrogens with one attached hydrogen (secondary N) is 1. The molecule has 0 unspecified atom stereocenters. The third kappa shape index (κ3) is 4.33. The van der Waals surface area contributed by atoms with Gasteiger partial charge in [0, 0.05) is 19.1 Å². The summed E-state index contributed by atoms with van der Waals surface area (Å²) in [4.78, 5) is 28.7. The number of halogens is 1. The summed E-state index contributed by atoms with van der Waals surface area (Å²) >= 11 is 0. The zero-order valence-electron chi connectivity index (χ0n) is 14.9. The molecule has 0 bridgehead atoms. The van der Waals surface area contributed by atoms with Gasteiger partial charge in [-0.2, -0.15) is 0 Å². The summed E-state index contributed by atoms with van der Waals surface area (Å²) < 4.78 is 39.6. The summed E-state index contributed by atoms with van der Waals surface area (Å²) in [5, 5.41) is 2.94.